The summed E-state index contributed by atoms with van der Waals surface area (Å²) in [7, 11) is -5.16. The third-order valence-corrected chi connectivity index (χ3v) is 3.73. The molecule has 0 aliphatic rings. The standard InChI is InChI=1S/C10H10F3O2S/c1-8(16(14,15)10(11,12)13)7-9-5-3-2-4-6-9/h2-6H,7H2,1H3/q-1. The summed E-state index contributed by atoms with van der Waals surface area (Å²) in [6.45, 7) is 0.982. The third-order valence-electron chi connectivity index (χ3n) is 2.06. The monoisotopic (exact) mass is 251 g/mol. The van der Waals surface area contributed by atoms with Crippen LogP contribution in [0.2, 0.25) is 0 Å². The van der Waals surface area contributed by atoms with Gasteiger partial charge in [-0.1, -0.05) is 35.9 Å². The number of hydrogen-bond acceptors (Lipinski definition) is 2. The van der Waals surface area contributed by atoms with E-state index >= 15 is 0 Å². The van der Waals surface area contributed by atoms with Gasteiger partial charge in [-0.3, -0.25) is 8.42 Å². The molecule has 0 N–H and O–H groups in total. The molecule has 0 amide bonds. The summed E-state index contributed by atoms with van der Waals surface area (Å²) in [4.78, 5) is 0. The Balaban J connectivity index is 2.86. The van der Waals surface area contributed by atoms with Gasteiger partial charge >= 0.3 is 5.51 Å². The van der Waals surface area contributed by atoms with E-state index in [1.165, 1.54) is 0 Å². The summed E-state index contributed by atoms with van der Waals surface area (Å²) in [5.74, 6) is 0. The van der Waals surface area contributed by atoms with E-state index in [9.17, 15) is 21.6 Å². The lowest BCUT2D eigenvalue weighted by atomic mass is 10.1. The molecule has 6 heteroatoms. The first kappa shape index (κ1) is 13.0. The molecule has 0 unspecified atom stereocenters. The summed E-state index contributed by atoms with van der Waals surface area (Å²) < 4.78 is 58.5. The Morgan fingerprint density at radius 1 is 1.19 bits per heavy atom. The van der Waals surface area contributed by atoms with Gasteiger partial charge in [0.25, 0.3) is 0 Å². The molecule has 1 aromatic rings. The lowest BCUT2D eigenvalue weighted by Gasteiger charge is -2.26. The van der Waals surface area contributed by atoms with Crippen molar-refractivity contribution in [2.75, 3.05) is 0 Å². The zero-order valence-electron chi connectivity index (χ0n) is 8.45. The van der Waals surface area contributed by atoms with Crippen molar-refractivity contribution in [3.8, 4) is 0 Å². The van der Waals surface area contributed by atoms with Gasteiger partial charge in [0.15, 0.2) is 0 Å². The van der Waals surface area contributed by atoms with E-state index in [2.05, 4.69) is 0 Å². The number of benzene rings is 1. The van der Waals surface area contributed by atoms with Gasteiger partial charge in [0.1, 0.15) is 9.84 Å². The van der Waals surface area contributed by atoms with E-state index in [4.69, 9.17) is 0 Å². The van der Waals surface area contributed by atoms with Crippen LogP contribution in [0.1, 0.15) is 12.5 Å². The lowest BCUT2D eigenvalue weighted by Crippen LogP contribution is -2.28. The molecular formula is C10H10F3O2S-. The maximum atomic E-state index is 12.2. The highest BCUT2D eigenvalue weighted by molar-refractivity contribution is 7.95. The first-order valence-electron chi connectivity index (χ1n) is 4.43. The molecule has 1 aromatic carbocycles. The molecule has 0 saturated carbocycles. The Morgan fingerprint density at radius 2 is 1.69 bits per heavy atom. The van der Waals surface area contributed by atoms with Gasteiger partial charge in [0, 0.05) is 0 Å². The van der Waals surface area contributed by atoms with E-state index in [0.717, 1.165) is 6.92 Å². The van der Waals surface area contributed by atoms with Crippen LogP contribution in [0.25, 0.3) is 0 Å². The minimum atomic E-state index is -5.22. The highest BCUT2D eigenvalue weighted by Gasteiger charge is 2.41. The van der Waals surface area contributed by atoms with Crippen LogP contribution < -0.4 is 0 Å². The predicted octanol–water partition coefficient (Wildman–Crippen LogP) is 2.72. The van der Waals surface area contributed by atoms with Gasteiger partial charge < -0.3 is 0 Å². The number of sulfone groups is 1. The average Bonchev–Trinajstić information content (AvgIpc) is 2.17. The smallest absolute Gasteiger partial charge is 0.253 e. The van der Waals surface area contributed by atoms with Crippen LogP contribution in [0.5, 0.6) is 0 Å². The largest absolute Gasteiger partial charge is 0.468 e. The zero-order chi connectivity index (χ0) is 12.4. The van der Waals surface area contributed by atoms with Gasteiger partial charge in [-0.05, 0) is 0 Å². The first-order valence-corrected chi connectivity index (χ1v) is 5.91. The maximum absolute atomic E-state index is 12.2. The Kier molecular flexibility index (Phi) is 3.62. The van der Waals surface area contributed by atoms with Crippen molar-refractivity contribution in [1.29, 1.82) is 0 Å². The maximum Gasteiger partial charge on any atom is 0.468 e. The third kappa shape index (κ3) is 2.75. The van der Waals surface area contributed by atoms with Crippen LogP contribution in [0.15, 0.2) is 30.3 Å². The fourth-order valence-corrected chi connectivity index (χ4v) is 1.93. The second kappa shape index (κ2) is 4.45. The van der Waals surface area contributed by atoms with Crippen molar-refractivity contribution < 1.29 is 21.6 Å². The highest BCUT2D eigenvalue weighted by atomic mass is 32.2. The van der Waals surface area contributed by atoms with Crippen LogP contribution >= 0.6 is 0 Å². The molecule has 1 rings (SSSR count). The molecule has 0 aliphatic carbocycles. The first-order chi connectivity index (χ1) is 7.25. The Hall–Kier alpha value is -1.04. The van der Waals surface area contributed by atoms with Crippen molar-refractivity contribution in [2.45, 2.75) is 18.9 Å². The molecule has 0 radical (unpaired) electrons. The molecule has 0 aromatic heterocycles. The van der Waals surface area contributed by atoms with E-state index in [1.54, 1.807) is 30.3 Å². The van der Waals surface area contributed by atoms with Gasteiger partial charge in [0.05, 0.1) is 0 Å². The predicted molar refractivity (Wildman–Crippen MR) is 54.0 cm³/mol. The number of alkyl halides is 3. The fraction of sp³-hybridized carbons (Fsp3) is 0.300. The normalized spacial score (nSPS) is 13.1. The zero-order valence-corrected chi connectivity index (χ0v) is 9.27. The molecule has 0 atom stereocenters. The Morgan fingerprint density at radius 3 is 2.12 bits per heavy atom. The van der Waals surface area contributed by atoms with E-state index < -0.39 is 20.6 Å². The highest BCUT2D eigenvalue weighted by Crippen LogP contribution is 2.32. The lowest BCUT2D eigenvalue weighted by molar-refractivity contribution is -0.0433. The molecule has 90 valence electrons. The SMILES string of the molecule is C[C-](Cc1ccccc1)S(=O)(=O)C(F)(F)F. The molecule has 0 saturated heterocycles. The molecule has 16 heavy (non-hydrogen) atoms. The minimum Gasteiger partial charge on any atom is -0.253 e. The molecule has 0 bridgehead atoms. The van der Waals surface area contributed by atoms with Crippen molar-refractivity contribution in [1.82, 2.24) is 0 Å². The molecule has 0 fully saturated rings. The molecule has 0 heterocycles. The van der Waals surface area contributed by atoms with Crippen LogP contribution in [0, 0.1) is 5.25 Å². The van der Waals surface area contributed by atoms with Crippen molar-refractivity contribution in [2.24, 2.45) is 0 Å². The summed E-state index contributed by atoms with van der Waals surface area (Å²) in [5, 5.41) is -0.591. The minimum absolute atomic E-state index is 0.220. The second-order valence-electron chi connectivity index (χ2n) is 3.31. The van der Waals surface area contributed by atoms with E-state index in [0.29, 0.717) is 5.56 Å². The molecule has 2 nitrogen and oxygen atoms in total. The fourth-order valence-electron chi connectivity index (χ4n) is 1.18. The Labute approximate surface area is 92.0 Å². The van der Waals surface area contributed by atoms with Gasteiger partial charge in [0.2, 0.25) is 0 Å². The van der Waals surface area contributed by atoms with Crippen molar-refractivity contribution in [3.63, 3.8) is 0 Å². The van der Waals surface area contributed by atoms with Crippen molar-refractivity contribution in [3.05, 3.63) is 41.1 Å². The number of rotatable bonds is 3. The summed E-state index contributed by atoms with van der Waals surface area (Å²) in [5.41, 5.74) is -4.68. The molecular weight excluding hydrogens is 241 g/mol. The second-order valence-corrected chi connectivity index (χ2v) is 5.48. The van der Waals surface area contributed by atoms with Gasteiger partial charge in [-0.25, -0.2) is 0 Å². The van der Waals surface area contributed by atoms with Crippen molar-refractivity contribution >= 4 is 9.84 Å². The number of halogens is 3. The van der Waals surface area contributed by atoms with Crippen LogP contribution in [-0.2, 0) is 16.3 Å². The Bertz CT molecular complexity index is 437. The number of hydrogen-bond donors (Lipinski definition) is 0. The van der Waals surface area contributed by atoms with E-state index in [-0.39, 0.29) is 6.42 Å². The van der Waals surface area contributed by atoms with E-state index in [1.807, 2.05) is 0 Å². The average molecular weight is 251 g/mol. The quantitative estimate of drug-likeness (QED) is 0.774. The topological polar surface area (TPSA) is 34.1 Å². The summed E-state index contributed by atoms with van der Waals surface area (Å²) in [6, 6.07) is 8.15. The van der Waals surface area contributed by atoms with Crippen LogP contribution in [-0.4, -0.2) is 13.9 Å². The summed E-state index contributed by atoms with van der Waals surface area (Å²) >= 11 is 0. The van der Waals surface area contributed by atoms with Gasteiger partial charge in [-0.15, -0.1) is 6.42 Å². The van der Waals surface area contributed by atoms with Crippen LogP contribution in [0.4, 0.5) is 13.2 Å². The van der Waals surface area contributed by atoms with Gasteiger partial charge in [-0.2, -0.15) is 25.3 Å². The summed E-state index contributed by atoms with van der Waals surface area (Å²) in [6.07, 6.45) is -0.220. The molecule has 0 spiro atoms. The van der Waals surface area contributed by atoms with Crippen LogP contribution in [0.3, 0.4) is 0 Å². The molecule has 0 aliphatic heterocycles.